The first-order chi connectivity index (χ1) is 13.8. The molecule has 0 N–H and O–H groups in total. The van der Waals surface area contributed by atoms with E-state index in [-0.39, 0.29) is 22.9 Å². The molecule has 4 rings (SSSR count). The van der Waals surface area contributed by atoms with Gasteiger partial charge in [-0.3, -0.25) is 4.79 Å². The molecule has 1 aromatic heterocycles. The summed E-state index contributed by atoms with van der Waals surface area (Å²) < 4.78 is 36.1. The molecule has 2 fully saturated rings. The summed E-state index contributed by atoms with van der Waals surface area (Å²) in [6.07, 6.45) is 6.01. The topological polar surface area (TPSA) is 81.5 Å². The van der Waals surface area contributed by atoms with Gasteiger partial charge in [0.2, 0.25) is 10.0 Å². The first kappa shape index (κ1) is 20.1. The minimum Gasteiger partial charge on any atom is -0.466 e. The minimum atomic E-state index is -3.76. The summed E-state index contributed by atoms with van der Waals surface area (Å²) in [5, 5.41) is 4.21. The fourth-order valence-corrected chi connectivity index (χ4v) is 7.24. The third-order valence-corrected chi connectivity index (χ3v) is 8.59. The molecule has 0 unspecified atom stereocenters. The maximum atomic E-state index is 13.8. The second-order valence-electron chi connectivity index (χ2n) is 7.92. The molecule has 0 spiro atoms. The largest absolute Gasteiger partial charge is 0.466 e. The summed E-state index contributed by atoms with van der Waals surface area (Å²) in [4.78, 5) is 13.1. The van der Waals surface area contributed by atoms with E-state index in [0.29, 0.717) is 37.1 Å². The molecule has 29 heavy (non-hydrogen) atoms. The number of carbonyl (C=O) groups is 1. The summed E-state index contributed by atoms with van der Waals surface area (Å²) >= 11 is 0. The molecule has 2 aliphatic heterocycles. The lowest BCUT2D eigenvalue weighted by molar-refractivity contribution is -0.157. The number of rotatable bonds is 6. The highest BCUT2D eigenvalue weighted by Gasteiger charge is 2.63. The van der Waals surface area contributed by atoms with Crippen LogP contribution in [0.4, 0.5) is 0 Å². The van der Waals surface area contributed by atoms with Gasteiger partial charge in [0.15, 0.2) is 0 Å². The van der Waals surface area contributed by atoms with E-state index in [1.165, 1.54) is 0 Å². The quantitative estimate of drug-likeness (QED) is 0.675. The normalized spacial score (nSPS) is 26.7. The second-order valence-corrected chi connectivity index (χ2v) is 9.73. The number of esters is 1. The Morgan fingerprint density at radius 1 is 1.31 bits per heavy atom. The van der Waals surface area contributed by atoms with Gasteiger partial charge in [0.05, 0.1) is 22.6 Å². The van der Waals surface area contributed by atoms with Crippen LogP contribution in [0.15, 0.2) is 41.6 Å². The van der Waals surface area contributed by atoms with Crippen LogP contribution in [-0.2, 0) is 19.6 Å². The molecule has 2 bridgehead atoms. The zero-order valence-electron chi connectivity index (χ0n) is 17.0. The Hall–Kier alpha value is -2.19. The fraction of sp³-hybridized carbons (Fsp3) is 0.524. The maximum absolute atomic E-state index is 13.8. The standard InChI is InChI=1S/C21H27N3O4S/c1-4-21(20(25)28-5-2)14-17-9-10-19(21)24(17)29(26,27)18-13-16(8-7-15(18)3)23-12-6-11-22-23/h6-8,11-13,17,19H,4-5,9-10,14H2,1-3H3/t17-,19+,21+/m0/s1. The van der Waals surface area contributed by atoms with Crippen molar-refractivity contribution < 1.29 is 17.9 Å². The number of nitrogens with zero attached hydrogens (tertiary/aromatic N) is 3. The number of aryl methyl sites for hydroxylation is 1. The van der Waals surface area contributed by atoms with Crippen LogP contribution in [0.25, 0.3) is 5.69 Å². The van der Waals surface area contributed by atoms with E-state index in [9.17, 15) is 13.2 Å². The van der Waals surface area contributed by atoms with Crippen molar-refractivity contribution in [1.29, 1.82) is 0 Å². The molecule has 1 aromatic carbocycles. The summed E-state index contributed by atoms with van der Waals surface area (Å²) in [5.74, 6) is -0.267. The number of hydrogen-bond acceptors (Lipinski definition) is 5. The van der Waals surface area contributed by atoms with Crippen LogP contribution in [0.2, 0.25) is 0 Å². The number of ether oxygens (including phenoxy) is 1. The average molecular weight is 418 g/mol. The van der Waals surface area contributed by atoms with Crippen LogP contribution >= 0.6 is 0 Å². The Morgan fingerprint density at radius 2 is 2.10 bits per heavy atom. The molecular formula is C21H27N3O4S. The number of fused-ring (bicyclic) bond motifs is 2. The Bertz CT molecular complexity index is 1020. The predicted molar refractivity (Wildman–Crippen MR) is 108 cm³/mol. The molecule has 7 nitrogen and oxygen atoms in total. The Labute approximate surface area is 171 Å². The maximum Gasteiger partial charge on any atom is 0.313 e. The van der Waals surface area contributed by atoms with Gasteiger partial charge in [-0.2, -0.15) is 9.40 Å². The van der Waals surface area contributed by atoms with Crippen LogP contribution in [0, 0.1) is 12.3 Å². The zero-order valence-corrected chi connectivity index (χ0v) is 17.9. The van der Waals surface area contributed by atoms with Crippen LogP contribution in [-0.4, -0.2) is 47.2 Å². The van der Waals surface area contributed by atoms with Gasteiger partial charge in [0.1, 0.15) is 0 Å². The van der Waals surface area contributed by atoms with Gasteiger partial charge in [0.25, 0.3) is 0 Å². The molecule has 3 atom stereocenters. The van der Waals surface area contributed by atoms with Crippen LogP contribution in [0.1, 0.15) is 45.1 Å². The highest BCUT2D eigenvalue weighted by atomic mass is 32.2. The summed E-state index contributed by atoms with van der Waals surface area (Å²) in [6, 6.07) is 6.61. The number of carbonyl (C=O) groups excluding carboxylic acids is 1. The second kappa shape index (κ2) is 7.25. The molecule has 0 aliphatic carbocycles. The number of aromatic nitrogens is 2. The van der Waals surface area contributed by atoms with E-state index in [2.05, 4.69) is 5.10 Å². The third kappa shape index (κ3) is 3.00. The molecule has 0 saturated carbocycles. The van der Waals surface area contributed by atoms with Gasteiger partial charge in [-0.1, -0.05) is 13.0 Å². The van der Waals surface area contributed by atoms with Crippen molar-refractivity contribution in [3.05, 3.63) is 42.2 Å². The summed E-state index contributed by atoms with van der Waals surface area (Å²) in [5.41, 5.74) is 0.628. The molecule has 0 amide bonds. The predicted octanol–water partition coefficient (Wildman–Crippen LogP) is 3.07. The first-order valence-corrected chi connectivity index (χ1v) is 11.6. The molecule has 0 radical (unpaired) electrons. The van der Waals surface area contributed by atoms with Crippen molar-refractivity contribution in [1.82, 2.24) is 14.1 Å². The zero-order chi connectivity index (χ0) is 20.8. The lowest BCUT2D eigenvalue weighted by atomic mass is 9.72. The van der Waals surface area contributed by atoms with Gasteiger partial charge in [-0.15, -0.1) is 0 Å². The van der Waals surface area contributed by atoms with Gasteiger partial charge >= 0.3 is 5.97 Å². The SMILES string of the molecule is CCOC(=O)[C@]1(CC)C[C@@H]2CC[C@H]1N2S(=O)(=O)c1cc(-n2cccn2)ccc1C. The number of hydrogen-bond donors (Lipinski definition) is 0. The molecule has 8 heteroatoms. The minimum absolute atomic E-state index is 0.165. The molecule has 2 saturated heterocycles. The van der Waals surface area contributed by atoms with Gasteiger partial charge in [0, 0.05) is 24.5 Å². The van der Waals surface area contributed by atoms with E-state index in [4.69, 9.17) is 4.74 Å². The Balaban J connectivity index is 1.75. The monoisotopic (exact) mass is 417 g/mol. The van der Waals surface area contributed by atoms with E-state index < -0.39 is 15.4 Å². The van der Waals surface area contributed by atoms with E-state index in [1.54, 1.807) is 53.4 Å². The van der Waals surface area contributed by atoms with Gasteiger partial charge in [-0.05, 0) is 63.3 Å². The molecular weight excluding hydrogens is 390 g/mol. The van der Waals surface area contributed by atoms with Crippen molar-refractivity contribution in [2.75, 3.05) is 6.61 Å². The van der Waals surface area contributed by atoms with Gasteiger partial charge < -0.3 is 4.74 Å². The van der Waals surface area contributed by atoms with E-state index in [1.807, 2.05) is 13.0 Å². The van der Waals surface area contributed by atoms with Crippen molar-refractivity contribution >= 4 is 16.0 Å². The van der Waals surface area contributed by atoms with E-state index >= 15 is 0 Å². The van der Waals surface area contributed by atoms with Crippen molar-refractivity contribution in [3.8, 4) is 5.69 Å². The smallest absolute Gasteiger partial charge is 0.313 e. The van der Waals surface area contributed by atoms with E-state index in [0.717, 1.165) is 6.42 Å². The van der Waals surface area contributed by atoms with Gasteiger partial charge in [-0.25, -0.2) is 13.1 Å². The Morgan fingerprint density at radius 3 is 2.76 bits per heavy atom. The molecule has 2 aliphatic rings. The third-order valence-electron chi connectivity index (χ3n) is 6.49. The molecule has 2 aromatic rings. The first-order valence-electron chi connectivity index (χ1n) is 10.2. The summed E-state index contributed by atoms with van der Waals surface area (Å²) in [6.45, 7) is 5.84. The fourth-order valence-electron chi connectivity index (χ4n) is 5.05. The highest BCUT2D eigenvalue weighted by molar-refractivity contribution is 7.89. The van der Waals surface area contributed by atoms with Crippen molar-refractivity contribution in [2.24, 2.45) is 5.41 Å². The molecule has 3 heterocycles. The lowest BCUT2D eigenvalue weighted by Gasteiger charge is -2.34. The van der Waals surface area contributed by atoms with Crippen LogP contribution in [0.5, 0.6) is 0 Å². The van der Waals surface area contributed by atoms with Crippen LogP contribution in [0.3, 0.4) is 0 Å². The number of sulfonamides is 1. The lowest BCUT2D eigenvalue weighted by Crippen LogP contribution is -2.45. The average Bonchev–Trinajstić information content (AvgIpc) is 3.44. The van der Waals surface area contributed by atoms with Crippen molar-refractivity contribution in [2.45, 2.75) is 63.4 Å². The van der Waals surface area contributed by atoms with Crippen molar-refractivity contribution in [3.63, 3.8) is 0 Å². The highest BCUT2D eigenvalue weighted by Crippen LogP contribution is 2.54. The molecule has 156 valence electrons. The number of benzene rings is 1. The summed E-state index contributed by atoms with van der Waals surface area (Å²) in [7, 11) is -3.76. The Kier molecular flexibility index (Phi) is 5.02. The van der Waals surface area contributed by atoms with Crippen LogP contribution < -0.4 is 0 Å².